The SMILES string of the molecule is CCc1ccsc1C(=O)N1CCCCC1C(N)=NO. The predicted molar refractivity (Wildman–Crippen MR) is 75.8 cm³/mol. The highest BCUT2D eigenvalue weighted by Crippen LogP contribution is 2.24. The van der Waals surface area contributed by atoms with Crippen LogP contribution in [0.4, 0.5) is 0 Å². The van der Waals surface area contributed by atoms with Crippen molar-refractivity contribution in [2.45, 2.75) is 38.6 Å². The number of hydrogen-bond donors (Lipinski definition) is 2. The van der Waals surface area contributed by atoms with Gasteiger partial charge in [0.05, 0.1) is 10.9 Å². The Morgan fingerprint density at radius 1 is 1.63 bits per heavy atom. The molecule has 0 saturated carbocycles. The van der Waals surface area contributed by atoms with Gasteiger partial charge in [-0.05, 0) is 42.7 Å². The van der Waals surface area contributed by atoms with E-state index in [0.29, 0.717) is 6.54 Å². The maximum absolute atomic E-state index is 12.6. The van der Waals surface area contributed by atoms with E-state index in [-0.39, 0.29) is 17.8 Å². The third-order valence-electron chi connectivity index (χ3n) is 3.54. The highest BCUT2D eigenvalue weighted by atomic mass is 32.1. The molecular formula is C13H19N3O2S. The summed E-state index contributed by atoms with van der Waals surface area (Å²) in [5, 5.41) is 13.9. The number of oxime groups is 1. The van der Waals surface area contributed by atoms with Crippen molar-refractivity contribution in [2.24, 2.45) is 10.9 Å². The molecule has 1 atom stereocenters. The van der Waals surface area contributed by atoms with Crippen LogP contribution >= 0.6 is 11.3 Å². The Morgan fingerprint density at radius 2 is 2.42 bits per heavy atom. The number of amides is 1. The van der Waals surface area contributed by atoms with E-state index in [2.05, 4.69) is 5.16 Å². The molecule has 1 aliphatic heterocycles. The number of amidine groups is 1. The van der Waals surface area contributed by atoms with Crippen molar-refractivity contribution in [3.8, 4) is 0 Å². The van der Waals surface area contributed by atoms with E-state index in [1.807, 2.05) is 18.4 Å². The monoisotopic (exact) mass is 281 g/mol. The zero-order valence-corrected chi connectivity index (χ0v) is 11.8. The maximum Gasteiger partial charge on any atom is 0.264 e. The van der Waals surface area contributed by atoms with Gasteiger partial charge in [0.25, 0.3) is 5.91 Å². The molecule has 1 aromatic heterocycles. The van der Waals surface area contributed by atoms with E-state index >= 15 is 0 Å². The zero-order chi connectivity index (χ0) is 13.8. The Bertz CT molecular complexity index is 484. The first-order valence-corrected chi connectivity index (χ1v) is 7.41. The fourth-order valence-corrected chi connectivity index (χ4v) is 3.43. The van der Waals surface area contributed by atoms with Crippen LogP contribution in [0.25, 0.3) is 0 Å². The molecule has 1 amide bonds. The number of thiophene rings is 1. The van der Waals surface area contributed by atoms with Gasteiger partial charge in [-0.3, -0.25) is 4.79 Å². The number of nitrogens with two attached hydrogens (primary N) is 1. The topological polar surface area (TPSA) is 78.9 Å². The molecular weight excluding hydrogens is 262 g/mol. The molecule has 0 radical (unpaired) electrons. The van der Waals surface area contributed by atoms with E-state index in [1.165, 1.54) is 11.3 Å². The third kappa shape index (κ3) is 2.73. The summed E-state index contributed by atoms with van der Waals surface area (Å²) >= 11 is 1.46. The molecule has 1 unspecified atom stereocenters. The lowest BCUT2D eigenvalue weighted by Gasteiger charge is -2.34. The first-order chi connectivity index (χ1) is 9.19. The fraction of sp³-hybridized carbons (Fsp3) is 0.538. The largest absolute Gasteiger partial charge is 0.409 e. The fourth-order valence-electron chi connectivity index (χ4n) is 2.48. The number of carbonyl (C=O) groups is 1. The molecule has 1 aliphatic rings. The van der Waals surface area contributed by atoms with Crippen LogP contribution in [0.15, 0.2) is 16.6 Å². The van der Waals surface area contributed by atoms with Crippen LogP contribution in [0, 0.1) is 0 Å². The predicted octanol–water partition coefficient (Wildman–Crippen LogP) is 2.05. The molecule has 5 nitrogen and oxygen atoms in total. The molecule has 0 aliphatic carbocycles. The molecule has 104 valence electrons. The van der Waals surface area contributed by atoms with Crippen LogP contribution in [0.2, 0.25) is 0 Å². The van der Waals surface area contributed by atoms with Crippen molar-refractivity contribution in [1.29, 1.82) is 0 Å². The molecule has 1 aromatic rings. The van der Waals surface area contributed by atoms with E-state index < -0.39 is 0 Å². The summed E-state index contributed by atoms with van der Waals surface area (Å²) < 4.78 is 0. The Kier molecular flexibility index (Phi) is 4.42. The number of rotatable bonds is 3. The lowest BCUT2D eigenvalue weighted by Crippen LogP contribution is -2.50. The van der Waals surface area contributed by atoms with Crippen LogP contribution in [0.5, 0.6) is 0 Å². The Balaban J connectivity index is 2.25. The van der Waals surface area contributed by atoms with Crippen molar-refractivity contribution in [1.82, 2.24) is 4.90 Å². The van der Waals surface area contributed by atoms with E-state index in [4.69, 9.17) is 10.9 Å². The highest BCUT2D eigenvalue weighted by molar-refractivity contribution is 7.12. The Hall–Kier alpha value is -1.56. The average molecular weight is 281 g/mol. The number of carbonyl (C=O) groups excluding carboxylic acids is 1. The number of likely N-dealkylation sites (tertiary alicyclic amines) is 1. The minimum Gasteiger partial charge on any atom is -0.409 e. The summed E-state index contributed by atoms with van der Waals surface area (Å²) in [7, 11) is 0. The minimum absolute atomic E-state index is 0.00292. The van der Waals surface area contributed by atoms with Crippen molar-refractivity contribution < 1.29 is 10.0 Å². The number of piperidine rings is 1. The summed E-state index contributed by atoms with van der Waals surface area (Å²) in [5.74, 6) is 0.130. The second-order valence-electron chi connectivity index (χ2n) is 4.66. The molecule has 6 heteroatoms. The molecule has 0 bridgehead atoms. The first kappa shape index (κ1) is 13.9. The minimum atomic E-state index is -0.280. The van der Waals surface area contributed by atoms with Crippen molar-refractivity contribution >= 4 is 23.1 Å². The zero-order valence-electron chi connectivity index (χ0n) is 11.0. The highest BCUT2D eigenvalue weighted by Gasteiger charge is 2.31. The Morgan fingerprint density at radius 3 is 3.11 bits per heavy atom. The van der Waals surface area contributed by atoms with E-state index in [0.717, 1.165) is 36.1 Å². The van der Waals surface area contributed by atoms with Gasteiger partial charge < -0.3 is 15.8 Å². The smallest absolute Gasteiger partial charge is 0.264 e. The van der Waals surface area contributed by atoms with Crippen LogP contribution in [-0.4, -0.2) is 34.4 Å². The molecule has 0 spiro atoms. The number of hydrogen-bond acceptors (Lipinski definition) is 4. The maximum atomic E-state index is 12.6. The van der Waals surface area contributed by atoms with Crippen LogP contribution in [0.1, 0.15) is 41.4 Å². The van der Waals surface area contributed by atoms with Gasteiger partial charge in [-0.1, -0.05) is 12.1 Å². The molecule has 1 fully saturated rings. The number of nitrogens with zero attached hydrogens (tertiary/aromatic N) is 2. The van der Waals surface area contributed by atoms with Gasteiger partial charge in [0.15, 0.2) is 5.84 Å². The van der Waals surface area contributed by atoms with Gasteiger partial charge in [0.1, 0.15) is 0 Å². The van der Waals surface area contributed by atoms with Crippen LogP contribution in [0.3, 0.4) is 0 Å². The molecule has 1 saturated heterocycles. The molecule has 3 N–H and O–H groups in total. The summed E-state index contributed by atoms with van der Waals surface area (Å²) in [5.41, 5.74) is 6.78. The normalized spacial score (nSPS) is 20.6. The van der Waals surface area contributed by atoms with Crippen LogP contribution < -0.4 is 5.73 Å². The van der Waals surface area contributed by atoms with E-state index in [9.17, 15) is 4.79 Å². The Labute approximate surface area is 116 Å². The van der Waals surface area contributed by atoms with Gasteiger partial charge in [-0.15, -0.1) is 11.3 Å². The van der Waals surface area contributed by atoms with Crippen molar-refractivity contribution in [2.75, 3.05) is 6.54 Å². The molecule has 0 aromatic carbocycles. The summed E-state index contributed by atoms with van der Waals surface area (Å²) in [4.78, 5) is 15.1. The van der Waals surface area contributed by atoms with Gasteiger partial charge in [0, 0.05) is 6.54 Å². The van der Waals surface area contributed by atoms with Crippen LogP contribution in [-0.2, 0) is 6.42 Å². The molecule has 2 rings (SSSR count). The van der Waals surface area contributed by atoms with Gasteiger partial charge in [-0.2, -0.15) is 0 Å². The standard InChI is InChI=1S/C13H19N3O2S/c1-2-9-6-8-19-11(9)13(17)16-7-4-3-5-10(16)12(14)15-18/h6,8,10,18H,2-5,7H2,1H3,(H2,14,15). The summed E-state index contributed by atoms with van der Waals surface area (Å²) in [6.07, 6.45) is 3.56. The number of aryl methyl sites for hydroxylation is 1. The quantitative estimate of drug-likeness (QED) is 0.385. The first-order valence-electron chi connectivity index (χ1n) is 6.53. The third-order valence-corrected chi connectivity index (χ3v) is 4.49. The van der Waals surface area contributed by atoms with Crippen molar-refractivity contribution in [3.05, 3.63) is 21.9 Å². The van der Waals surface area contributed by atoms with Gasteiger partial charge >= 0.3 is 0 Å². The molecule has 2 heterocycles. The molecule has 19 heavy (non-hydrogen) atoms. The average Bonchev–Trinajstić information content (AvgIpc) is 2.94. The summed E-state index contributed by atoms with van der Waals surface area (Å²) in [6, 6.07) is 1.71. The van der Waals surface area contributed by atoms with Gasteiger partial charge in [-0.25, -0.2) is 0 Å². The summed E-state index contributed by atoms with van der Waals surface area (Å²) in [6.45, 7) is 2.71. The lowest BCUT2D eigenvalue weighted by atomic mass is 10.0. The second kappa shape index (κ2) is 6.06. The lowest BCUT2D eigenvalue weighted by molar-refractivity contribution is 0.0680. The van der Waals surface area contributed by atoms with Gasteiger partial charge in [0.2, 0.25) is 0 Å². The van der Waals surface area contributed by atoms with E-state index in [1.54, 1.807) is 4.90 Å². The van der Waals surface area contributed by atoms with Crippen molar-refractivity contribution in [3.63, 3.8) is 0 Å². The second-order valence-corrected chi connectivity index (χ2v) is 5.58.